The summed E-state index contributed by atoms with van der Waals surface area (Å²) in [5.41, 5.74) is -0.0204. The molecular formula is C7H7ClF2. The quantitative estimate of drug-likeness (QED) is 0.559. The van der Waals surface area contributed by atoms with Crippen molar-refractivity contribution in [3.8, 4) is 0 Å². The van der Waals surface area contributed by atoms with Gasteiger partial charge in [0, 0.05) is 10.6 Å². The molecule has 10 heavy (non-hydrogen) atoms. The molecule has 0 radical (unpaired) electrons. The number of halogens is 3. The summed E-state index contributed by atoms with van der Waals surface area (Å²) in [5, 5.41) is 0.209. The van der Waals surface area contributed by atoms with Crippen molar-refractivity contribution >= 4 is 11.6 Å². The fraction of sp³-hybridized carbons (Fsp3) is 0.429. The van der Waals surface area contributed by atoms with Gasteiger partial charge in [0.2, 0.25) is 0 Å². The van der Waals surface area contributed by atoms with Gasteiger partial charge < -0.3 is 0 Å². The Morgan fingerprint density at radius 1 is 1.30 bits per heavy atom. The van der Waals surface area contributed by atoms with Gasteiger partial charge in [-0.2, -0.15) is 0 Å². The number of alkyl halides is 2. The van der Waals surface area contributed by atoms with Crippen LogP contribution in [0, 0.1) is 0 Å². The van der Waals surface area contributed by atoms with Gasteiger partial charge in [-0.15, -0.1) is 0 Å². The summed E-state index contributed by atoms with van der Waals surface area (Å²) in [5.74, 6) is 0. The zero-order valence-corrected chi connectivity index (χ0v) is 6.04. The highest BCUT2D eigenvalue weighted by Gasteiger charge is 2.15. The summed E-state index contributed by atoms with van der Waals surface area (Å²) in [6, 6.07) is 0. The Hall–Kier alpha value is -0.370. The smallest absolute Gasteiger partial charge is 0.205 e. The van der Waals surface area contributed by atoms with Crippen molar-refractivity contribution < 1.29 is 8.78 Å². The van der Waals surface area contributed by atoms with Crippen LogP contribution in [0.3, 0.4) is 0 Å². The third kappa shape index (κ3) is 1.57. The van der Waals surface area contributed by atoms with Crippen molar-refractivity contribution in [2.24, 2.45) is 0 Å². The predicted octanol–water partition coefficient (Wildman–Crippen LogP) is 3.09. The van der Waals surface area contributed by atoms with Gasteiger partial charge >= 0.3 is 0 Å². The van der Waals surface area contributed by atoms with E-state index in [9.17, 15) is 8.78 Å². The highest BCUT2D eigenvalue weighted by molar-refractivity contribution is 6.32. The van der Waals surface area contributed by atoms with Crippen LogP contribution in [0.25, 0.3) is 0 Å². The van der Waals surface area contributed by atoms with E-state index in [2.05, 4.69) is 0 Å². The molecule has 1 rings (SSSR count). The molecule has 0 N–H and O–H groups in total. The van der Waals surface area contributed by atoms with E-state index in [0.29, 0.717) is 6.42 Å². The van der Waals surface area contributed by atoms with Crippen LogP contribution in [-0.2, 0) is 0 Å². The van der Waals surface area contributed by atoms with Crippen LogP contribution in [0.5, 0.6) is 0 Å². The molecular weight excluding hydrogens is 158 g/mol. The summed E-state index contributed by atoms with van der Waals surface area (Å²) >= 11 is 5.49. The number of rotatable bonds is 1. The largest absolute Gasteiger partial charge is 0.264 e. The Balaban J connectivity index is 2.74. The van der Waals surface area contributed by atoms with Crippen molar-refractivity contribution in [1.82, 2.24) is 0 Å². The second-order valence-corrected chi connectivity index (χ2v) is 2.50. The second kappa shape index (κ2) is 3.15. The lowest BCUT2D eigenvalue weighted by Gasteiger charge is -2.08. The molecule has 3 heteroatoms. The average molecular weight is 165 g/mol. The van der Waals surface area contributed by atoms with Crippen LogP contribution in [0.15, 0.2) is 22.8 Å². The van der Waals surface area contributed by atoms with Crippen LogP contribution < -0.4 is 0 Å². The molecule has 0 bridgehead atoms. The first-order valence-electron chi connectivity index (χ1n) is 3.06. The van der Waals surface area contributed by atoms with E-state index in [1.54, 1.807) is 6.08 Å². The van der Waals surface area contributed by atoms with Gasteiger partial charge in [-0.1, -0.05) is 23.8 Å². The predicted molar refractivity (Wildman–Crippen MR) is 37.3 cm³/mol. The summed E-state index contributed by atoms with van der Waals surface area (Å²) in [7, 11) is 0. The molecule has 0 atom stereocenters. The molecule has 1 aliphatic carbocycles. The third-order valence-electron chi connectivity index (χ3n) is 1.37. The SMILES string of the molecule is FC(F)C1=CCCC=C1Cl. The van der Waals surface area contributed by atoms with Gasteiger partial charge in [0.25, 0.3) is 6.43 Å². The van der Waals surface area contributed by atoms with Crippen molar-refractivity contribution in [2.45, 2.75) is 19.3 Å². The molecule has 0 amide bonds. The van der Waals surface area contributed by atoms with Crippen molar-refractivity contribution in [1.29, 1.82) is 0 Å². The standard InChI is InChI=1S/C7H7ClF2/c8-6-4-2-1-3-5(6)7(9)10/h3-4,7H,1-2H2. The summed E-state index contributed by atoms with van der Waals surface area (Å²) in [6.07, 6.45) is 2.14. The molecule has 0 fully saturated rings. The van der Waals surface area contributed by atoms with E-state index in [1.807, 2.05) is 0 Å². The highest BCUT2D eigenvalue weighted by Crippen LogP contribution is 2.26. The van der Waals surface area contributed by atoms with Crippen LogP contribution in [0.4, 0.5) is 8.78 Å². The maximum absolute atomic E-state index is 12.0. The first-order chi connectivity index (χ1) is 4.72. The van der Waals surface area contributed by atoms with Crippen molar-refractivity contribution in [2.75, 3.05) is 0 Å². The van der Waals surface area contributed by atoms with Crippen LogP contribution in [0.1, 0.15) is 12.8 Å². The highest BCUT2D eigenvalue weighted by atomic mass is 35.5. The lowest BCUT2D eigenvalue weighted by atomic mass is 10.1. The molecule has 1 aliphatic rings. The van der Waals surface area contributed by atoms with Crippen molar-refractivity contribution in [3.63, 3.8) is 0 Å². The first kappa shape index (κ1) is 7.73. The number of allylic oxidation sites excluding steroid dienone is 4. The van der Waals surface area contributed by atoms with E-state index < -0.39 is 6.43 Å². The molecule has 0 nitrogen and oxygen atoms in total. The minimum Gasteiger partial charge on any atom is -0.205 e. The van der Waals surface area contributed by atoms with Crippen LogP contribution in [0.2, 0.25) is 0 Å². The lowest BCUT2D eigenvalue weighted by molar-refractivity contribution is 0.192. The molecule has 0 spiro atoms. The van der Waals surface area contributed by atoms with Gasteiger partial charge in [-0.3, -0.25) is 0 Å². The number of hydrogen-bond donors (Lipinski definition) is 0. The Kier molecular flexibility index (Phi) is 2.44. The van der Waals surface area contributed by atoms with Crippen LogP contribution >= 0.6 is 11.6 Å². The third-order valence-corrected chi connectivity index (χ3v) is 1.74. The number of hydrogen-bond acceptors (Lipinski definition) is 0. The zero-order valence-electron chi connectivity index (χ0n) is 5.28. The monoisotopic (exact) mass is 164 g/mol. The molecule has 0 aliphatic heterocycles. The van der Waals surface area contributed by atoms with E-state index in [4.69, 9.17) is 11.6 Å². The normalized spacial score (nSPS) is 18.8. The zero-order chi connectivity index (χ0) is 7.56. The molecule has 0 saturated heterocycles. The Morgan fingerprint density at radius 2 is 1.90 bits per heavy atom. The van der Waals surface area contributed by atoms with E-state index in [1.165, 1.54) is 6.08 Å². The van der Waals surface area contributed by atoms with E-state index >= 15 is 0 Å². The Morgan fingerprint density at radius 3 is 2.30 bits per heavy atom. The summed E-state index contributed by atoms with van der Waals surface area (Å²) in [4.78, 5) is 0. The second-order valence-electron chi connectivity index (χ2n) is 2.09. The van der Waals surface area contributed by atoms with Gasteiger partial charge in [-0.25, -0.2) is 8.78 Å². The molecule has 0 heterocycles. The minimum absolute atomic E-state index is 0.0204. The maximum atomic E-state index is 12.0. The minimum atomic E-state index is -2.43. The van der Waals surface area contributed by atoms with Gasteiger partial charge in [0.15, 0.2) is 0 Å². The lowest BCUT2D eigenvalue weighted by Crippen LogP contribution is -1.99. The van der Waals surface area contributed by atoms with E-state index in [-0.39, 0.29) is 10.6 Å². The molecule has 0 saturated carbocycles. The molecule has 56 valence electrons. The van der Waals surface area contributed by atoms with E-state index in [0.717, 1.165) is 6.42 Å². The van der Waals surface area contributed by atoms with Gasteiger partial charge in [-0.05, 0) is 12.8 Å². The molecule has 0 aromatic rings. The molecule has 0 unspecified atom stereocenters. The fourth-order valence-electron chi connectivity index (χ4n) is 0.858. The van der Waals surface area contributed by atoms with Crippen molar-refractivity contribution in [3.05, 3.63) is 22.8 Å². The Bertz CT molecular complexity index is 182. The summed E-state index contributed by atoms with van der Waals surface area (Å²) in [6.45, 7) is 0. The van der Waals surface area contributed by atoms with Crippen LogP contribution in [-0.4, -0.2) is 6.43 Å². The molecule has 0 aromatic heterocycles. The fourth-order valence-corrected chi connectivity index (χ4v) is 1.13. The molecule has 0 aromatic carbocycles. The Labute approximate surface area is 63.2 Å². The van der Waals surface area contributed by atoms with Gasteiger partial charge in [0.05, 0.1) is 0 Å². The topological polar surface area (TPSA) is 0 Å². The average Bonchev–Trinajstić information content (AvgIpc) is 1.88. The summed E-state index contributed by atoms with van der Waals surface area (Å²) < 4.78 is 24.0. The van der Waals surface area contributed by atoms with Gasteiger partial charge in [0.1, 0.15) is 0 Å². The maximum Gasteiger partial charge on any atom is 0.264 e. The first-order valence-corrected chi connectivity index (χ1v) is 3.44.